The molecule has 1 aromatic heterocycles. The molecular formula is C13H14BrN. The van der Waals surface area contributed by atoms with Crippen molar-refractivity contribution in [2.24, 2.45) is 0 Å². The molecule has 2 aromatic rings. The molecule has 78 valence electrons. The summed E-state index contributed by atoms with van der Waals surface area (Å²) in [5, 5.41) is 0. The van der Waals surface area contributed by atoms with E-state index >= 15 is 0 Å². The summed E-state index contributed by atoms with van der Waals surface area (Å²) in [4.78, 5) is 0. The van der Waals surface area contributed by atoms with Gasteiger partial charge < -0.3 is 4.57 Å². The predicted octanol–water partition coefficient (Wildman–Crippen LogP) is 4.17. The maximum Gasteiger partial charge on any atom is 0.0466 e. The van der Waals surface area contributed by atoms with Crippen molar-refractivity contribution in [3.8, 4) is 5.69 Å². The molecule has 2 rings (SSSR count). The highest BCUT2D eigenvalue weighted by molar-refractivity contribution is 9.10. The fourth-order valence-corrected chi connectivity index (χ4v) is 2.16. The van der Waals surface area contributed by atoms with Crippen LogP contribution in [0.3, 0.4) is 0 Å². The van der Waals surface area contributed by atoms with E-state index in [0.29, 0.717) is 0 Å². The van der Waals surface area contributed by atoms with Gasteiger partial charge in [-0.2, -0.15) is 0 Å². The summed E-state index contributed by atoms with van der Waals surface area (Å²) in [6.07, 6.45) is 0. The summed E-state index contributed by atoms with van der Waals surface area (Å²) in [6, 6.07) is 10.7. The SMILES string of the molecule is Cc1ccc(-n2c(C)ccc2C)cc1Br. The van der Waals surface area contributed by atoms with Gasteiger partial charge in [0.05, 0.1) is 0 Å². The average Bonchev–Trinajstić information content (AvgIpc) is 2.52. The molecule has 2 heteroatoms. The molecule has 0 fully saturated rings. The fourth-order valence-electron chi connectivity index (χ4n) is 1.80. The van der Waals surface area contributed by atoms with Crippen LogP contribution < -0.4 is 0 Å². The van der Waals surface area contributed by atoms with Crippen molar-refractivity contribution in [1.29, 1.82) is 0 Å². The number of benzene rings is 1. The van der Waals surface area contributed by atoms with Crippen LogP contribution in [0.2, 0.25) is 0 Å². The molecule has 0 amide bonds. The Bertz CT molecular complexity index is 478. The van der Waals surface area contributed by atoms with Crippen LogP contribution in [0, 0.1) is 20.8 Å². The Morgan fingerprint density at radius 1 is 0.933 bits per heavy atom. The van der Waals surface area contributed by atoms with Crippen molar-refractivity contribution < 1.29 is 0 Å². The first kappa shape index (κ1) is 10.5. The molecule has 0 saturated carbocycles. The molecule has 1 aromatic carbocycles. The zero-order valence-electron chi connectivity index (χ0n) is 9.21. The largest absolute Gasteiger partial charge is 0.318 e. The normalized spacial score (nSPS) is 10.7. The first-order chi connectivity index (χ1) is 7.09. The zero-order chi connectivity index (χ0) is 11.0. The van der Waals surface area contributed by atoms with Crippen LogP contribution in [0.15, 0.2) is 34.8 Å². The van der Waals surface area contributed by atoms with E-state index in [-0.39, 0.29) is 0 Å². The number of hydrogen-bond acceptors (Lipinski definition) is 0. The fraction of sp³-hybridized carbons (Fsp3) is 0.231. The third kappa shape index (κ3) is 1.86. The van der Waals surface area contributed by atoms with Gasteiger partial charge >= 0.3 is 0 Å². The van der Waals surface area contributed by atoms with Crippen molar-refractivity contribution in [2.75, 3.05) is 0 Å². The van der Waals surface area contributed by atoms with Gasteiger partial charge in [0.25, 0.3) is 0 Å². The highest BCUT2D eigenvalue weighted by Gasteiger charge is 2.04. The van der Waals surface area contributed by atoms with Gasteiger partial charge in [-0.15, -0.1) is 0 Å². The van der Waals surface area contributed by atoms with E-state index in [2.05, 4.69) is 71.6 Å². The highest BCUT2D eigenvalue weighted by atomic mass is 79.9. The second kappa shape index (κ2) is 3.86. The quantitative estimate of drug-likeness (QED) is 0.728. The number of rotatable bonds is 1. The zero-order valence-corrected chi connectivity index (χ0v) is 10.8. The lowest BCUT2D eigenvalue weighted by Gasteiger charge is -2.10. The molecule has 0 saturated heterocycles. The minimum Gasteiger partial charge on any atom is -0.318 e. The molecule has 0 aliphatic carbocycles. The Balaban J connectivity index is 2.59. The number of aromatic nitrogens is 1. The lowest BCUT2D eigenvalue weighted by molar-refractivity contribution is 0.963. The van der Waals surface area contributed by atoms with Gasteiger partial charge in [-0.05, 0) is 50.6 Å². The third-order valence-electron chi connectivity index (χ3n) is 2.68. The topological polar surface area (TPSA) is 4.93 Å². The molecule has 1 nitrogen and oxygen atoms in total. The first-order valence-electron chi connectivity index (χ1n) is 5.01. The lowest BCUT2D eigenvalue weighted by Crippen LogP contribution is -1.98. The molecule has 0 radical (unpaired) electrons. The molecular weight excluding hydrogens is 250 g/mol. The summed E-state index contributed by atoms with van der Waals surface area (Å²) in [5.41, 5.74) is 5.01. The van der Waals surface area contributed by atoms with Crippen LogP contribution >= 0.6 is 15.9 Å². The van der Waals surface area contributed by atoms with E-state index in [9.17, 15) is 0 Å². The van der Waals surface area contributed by atoms with Crippen molar-refractivity contribution in [2.45, 2.75) is 20.8 Å². The van der Waals surface area contributed by atoms with Gasteiger partial charge in [0, 0.05) is 21.5 Å². The minimum atomic E-state index is 1.16. The van der Waals surface area contributed by atoms with Crippen LogP contribution in [0.25, 0.3) is 5.69 Å². The average molecular weight is 264 g/mol. The van der Waals surface area contributed by atoms with Gasteiger partial charge in [-0.25, -0.2) is 0 Å². The van der Waals surface area contributed by atoms with Gasteiger partial charge in [-0.1, -0.05) is 22.0 Å². The summed E-state index contributed by atoms with van der Waals surface area (Å²) < 4.78 is 3.41. The van der Waals surface area contributed by atoms with E-state index < -0.39 is 0 Å². The highest BCUT2D eigenvalue weighted by Crippen LogP contribution is 2.22. The molecule has 0 unspecified atom stereocenters. The smallest absolute Gasteiger partial charge is 0.0466 e. The molecule has 1 heterocycles. The second-order valence-electron chi connectivity index (χ2n) is 3.88. The lowest BCUT2D eigenvalue weighted by atomic mass is 10.2. The van der Waals surface area contributed by atoms with Crippen LogP contribution in [0.4, 0.5) is 0 Å². The molecule has 15 heavy (non-hydrogen) atoms. The third-order valence-corrected chi connectivity index (χ3v) is 3.54. The van der Waals surface area contributed by atoms with E-state index in [1.165, 1.54) is 22.6 Å². The molecule has 0 aliphatic heterocycles. The minimum absolute atomic E-state index is 1.16. The summed E-state index contributed by atoms with van der Waals surface area (Å²) >= 11 is 3.57. The van der Waals surface area contributed by atoms with Crippen molar-refractivity contribution in [1.82, 2.24) is 4.57 Å². The monoisotopic (exact) mass is 263 g/mol. The number of hydrogen-bond donors (Lipinski definition) is 0. The Morgan fingerprint density at radius 2 is 1.53 bits per heavy atom. The number of halogens is 1. The second-order valence-corrected chi connectivity index (χ2v) is 4.74. The summed E-state index contributed by atoms with van der Waals surface area (Å²) in [7, 11) is 0. The standard InChI is InChI=1S/C13H14BrN/c1-9-4-7-12(8-13(9)14)15-10(2)5-6-11(15)3/h4-8H,1-3H3. The predicted molar refractivity (Wildman–Crippen MR) is 67.7 cm³/mol. The van der Waals surface area contributed by atoms with Gasteiger partial charge in [0.2, 0.25) is 0 Å². The van der Waals surface area contributed by atoms with Crippen molar-refractivity contribution in [3.05, 3.63) is 51.8 Å². The van der Waals surface area contributed by atoms with E-state index in [1.54, 1.807) is 0 Å². The molecule has 0 atom stereocenters. The van der Waals surface area contributed by atoms with Crippen LogP contribution in [-0.4, -0.2) is 4.57 Å². The van der Waals surface area contributed by atoms with Crippen molar-refractivity contribution >= 4 is 15.9 Å². The van der Waals surface area contributed by atoms with Crippen LogP contribution in [0.1, 0.15) is 17.0 Å². The number of nitrogens with zero attached hydrogens (tertiary/aromatic N) is 1. The van der Waals surface area contributed by atoms with Crippen molar-refractivity contribution in [3.63, 3.8) is 0 Å². The molecule has 0 aliphatic rings. The first-order valence-corrected chi connectivity index (χ1v) is 5.80. The Labute approximate surface area is 98.9 Å². The summed E-state index contributed by atoms with van der Waals surface area (Å²) in [6.45, 7) is 6.35. The van der Waals surface area contributed by atoms with E-state index in [4.69, 9.17) is 0 Å². The number of aryl methyl sites for hydroxylation is 3. The molecule has 0 bridgehead atoms. The van der Waals surface area contributed by atoms with Gasteiger partial charge in [0.15, 0.2) is 0 Å². The maximum absolute atomic E-state index is 3.57. The summed E-state index contributed by atoms with van der Waals surface area (Å²) in [5.74, 6) is 0. The van der Waals surface area contributed by atoms with E-state index in [0.717, 1.165) is 4.47 Å². The van der Waals surface area contributed by atoms with Crippen LogP contribution in [0.5, 0.6) is 0 Å². The Kier molecular flexibility index (Phi) is 2.70. The Hall–Kier alpha value is -1.02. The van der Waals surface area contributed by atoms with Gasteiger partial charge in [0.1, 0.15) is 0 Å². The Morgan fingerprint density at radius 3 is 2.07 bits per heavy atom. The maximum atomic E-state index is 3.57. The van der Waals surface area contributed by atoms with Crippen LogP contribution in [-0.2, 0) is 0 Å². The molecule has 0 spiro atoms. The molecule has 0 N–H and O–H groups in total. The van der Waals surface area contributed by atoms with Gasteiger partial charge in [-0.3, -0.25) is 0 Å². The van der Waals surface area contributed by atoms with E-state index in [1.807, 2.05) is 0 Å².